The number of aliphatic imine (C=N–C) groups is 2. The Labute approximate surface area is 153 Å². The molecule has 0 aliphatic heterocycles. The van der Waals surface area contributed by atoms with Crippen LogP contribution in [0.1, 0.15) is 30.9 Å². The summed E-state index contributed by atoms with van der Waals surface area (Å²) >= 11 is 0. The maximum absolute atomic E-state index is 6.08. The summed E-state index contributed by atoms with van der Waals surface area (Å²) in [6.07, 6.45) is 7.32. The second-order valence-corrected chi connectivity index (χ2v) is 5.48. The van der Waals surface area contributed by atoms with Crippen LogP contribution in [0.25, 0.3) is 11.3 Å². The molecule has 0 bridgehead atoms. The second-order valence-electron chi connectivity index (χ2n) is 5.48. The van der Waals surface area contributed by atoms with Crippen molar-refractivity contribution < 1.29 is 0 Å². The molecule has 0 fully saturated rings. The number of H-pyrrole nitrogens is 1. The van der Waals surface area contributed by atoms with Crippen molar-refractivity contribution in [1.82, 2.24) is 24.3 Å². The van der Waals surface area contributed by atoms with Gasteiger partial charge in [-0.05, 0) is 18.6 Å². The van der Waals surface area contributed by atoms with Gasteiger partial charge in [0.05, 0.1) is 11.4 Å². The monoisotopic (exact) mass is 354 g/mol. The number of nitrogens with zero attached hydrogens (tertiary/aromatic N) is 6. The highest BCUT2D eigenvalue weighted by Gasteiger charge is 2.16. The van der Waals surface area contributed by atoms with Crippen LogP contribution in [0.2, 0.25) is 0 Å². The average Bonchev–Trinajstić information content (AvgIpc) is 3.35. The van der Waals surface area contributed by atoms with Gasteiger partial charge in [-0.15, -0.1) is 0 Å². The van der Waals surface area contributed by atoms with Crippen LogP contribution in [0.5, 0.6) is 0 Å². The molecular formula is C18H26N8. The van der Waals surface area contributed by atoms with Crippen LogP contribution in [0.3, 0.4) is 0 Å². The molecule has 0 unspecified atom stereocenters. The van der Waals surface area contributed by atoms with Gasteiger partial charge in [-0.2, -0.15) is 5.10 Å². The molecule has 0 spiro atoms. The summed E-state index contributed by atoms with van der Waals surface area (Å²) in [7, 11) is 5.45. The number of nitrogens with one attached hydrogen (secondary N) is 1. The maximum Gasteiger partial charge on any atom is 0.175 e. The zero-order chi connectivity index (χ0) is 19.3. The van der Waals surface area contributed by atoms with Crippen LogP contribution in [0.15, 0.2) is 40.8 Å². The number of amidine groups is 2. The van der Waals surface area contributed by atoms with Crippen LogP contribution < -0.4 is 5.73 Å². The van der Waals surface area contributed by atoms with Crippen molar-refractivity contribution in [2.24, 2.45) is 29.8 Å². The Hall–Kier alpha value is -3.16. The van der Waals surface area contributed by atoms with Gasteiger partial charge in [-0.3, -0.25) is 9.67 Å². The fraction of sp³-hybridized carbons (Fsp3) is 0.333. The standard InChI is InChI=1S/C16H20N8.C2H6/c1-10-11(12-5-7-24(4)22-12)9-20-13(10)15(18-2)21-14(17)16-19-6-8-23(16)3;1-2/h5-9,20H,1-4H3,(H2,17,18,21);1-2H3. The smallest absolute Gasteiger partial charge is 0.175 e. The predicted octanol–water partition coefficient (Wildman–Crippen LogP) is 2.27. The predicted molar refractivity (Wildman–Crippen MR) is 105 cm³/mol. The second kappa shape index (κ2) is 8.28. The Bertz CT molecular complexity index is 923. The third-order valence-corrected chi connectivity index (χ3v) is 3.84. The quantitative estimate of drug-likeness (QED) is 0.557. The van der Waals surface area contributed by atoms with Crippen molar-refractivity contribution >= 4 is 11.7 Å². The van der Waals surface area contributed by atoms with E-state index in [0.29, 0.717) is 17.5 Å². The van der Waals surface area contributed by atoms with E-state index in [0.717, 1.165) is 22.5 Å². The highest BCUT2D eigenvalue weighted by Crippen LogP contribution is 2.24. The van der Waals surface area contributed by atoms with E-state index >= 15 is 0 Å². The van der Waals surface area contributed by atoms with Crippen LogP contribution >= 0.6 is 0 Å². The molecule has 3 rings (SSSR count). The first kappa shape index (κ1) is 19.2. The zero-order valence-corrected chi connectivity index (χ0v) is 16.1. The lowest BCUT2D eigenvalue weighted by atomic mass is 10.1. The minimum absolute atomic E-state index is 0.316. The number of imidazole rings is 1. The van der Waals surface area contributed by atoms with E-state index in [1.807, 2.05) is 64.1 Å². The number of aromatic nitrogens is 5. The summed E-state index contributed by atoms with van der Waals surface area (Å²) in [6.45, 7) is 6.01. The SMILES string of the molecule is CC.CN=C(N=C(N)c1nccn1C)c1[nH]cc(-c2ccn(C)n2)c1C. The summed E-state index contributed by atoms with van der Waals surface area (Å²) in [4.78, 5) is 16.1. The minimum Gasteiger partial charge on any atom is -0.381 e. The van der Waals surface area contributed by atoms with Gasteiger partial charge in [0.1, 0.15) is 0 Å². The molecule has 138 valence electrons. The molecule has 0 aromatic carbocycles. The Morgan fingerprint density at radius 1 is 1.23 bits per heavy atom. The van der Waals surface area contributed by atoms with E-state index in [1.165, 1.54) is 0 Å². The summed E-state index contributed by atoms with van der Waals surface area (Å²) < 4.78 is 3.58. The highest BCUT2D eigenvalue weighted by atomic mass is 15.2. The number of hydrogen-bond acceptors (Lipinski definition) is 3. The fourth-order valence-electron chi connectivity index (χ4n) is 2.55. The molecular weight excluding hydrogens is 328 g/mol. The van der Waals surface area contributed by atoms with Gasteiger partial charge in [0.25, 0.3) is 0 Å². The van der Waals surface area contributed by atoms with Crippen molar-refractivity contribution in [3.63, 3.8) is 0 Å². The molecule has 3 N–H and O–H groups in total. The van der Waals surface area contributed by atoms with E-state index in [2.05, 4.69) is 25.1 Å². The van der Waals surface area contributed by atoms with Gasteiger partial charge in [0.15, 0.2) is 17.5 Å². The first-order valence-corrected chi connectivity index (χ1v) is 8.48. The van der Waals surface area contributed by atoms with Gasteiger partial charge < -0.3 is 15.3 Å². The molecule has 26 heavy (non-hydrogen) atoms. The lowest BCUT2D eigenvalue weighted by Crippen LogP contribution is -2.20. The molecule has 8 heteroatoms. The summed E-state index contributed by atoms with van der Waals surface area (Å²) in [5.41, 5.74) is 9.82. The lowest BCUT2D eigenvalue weighted by molar-refractivity contribution is 0.771. The lowest BCUT2D eigenvalue weighted by Gasteiger charge is -2.04. The van der Waals surface area contributed by atoms with Crippen molar-refractivity contribution in [3.8, 4) is 11.3 Å². The Balaban J connectivity index is 0.00000117. The molecule has 0 saturated carbocycles. The molecule has 0 amide bonds. The molecule has 0 radical (unpaired) electrons. The first-order valence-electron chi connectivity index (χ1n) is 8.48. The molecule has 8 nitrogen and oxygen atoms in total. The van der Waals surface area contributed by atoms with Crippen molar-refractivity contribution in [2.45, 2.75) is 20.8 Å². The van der Waals surface area contributed by atoms with Gasteiger partial charge in [-0.1, -0.05) is 13.8 Å². The zero-order valence-electron chi connectivity index (χ0n) is 16.1. The number of aromatic amines is 1. The van der Waals surface area contributed by atoms with E-state index in [-0.39, 0.29) is 0 Å². The normalized spacial score (nSPS) is 12.1. The molecule has 0 aliphatic carbocycles. The summed E-state index contributed by atoms with van der Waals surface area (Å²) in [5.74, 6) is 1.44. The van der Waals surface area contributed by atoms with Gasteiger partial charge in [0, 0.05) is 51.5 Å². The van der Waals surface area contributed by atoms with Crippen LogP contribution in [-0.2, 0) is 14.1 Å². The Kier molecular flexibility index (Phi) is 6.11. The van der Waals surface area contributed by atoms with Gasteiger partial charge in [0.2, 0.25) is 0 Å². The largest absolute Gasteiger partial charge is 0.381 e. The van der Waals surface area contributed by atoms with E-state index in [9.17, 15) is 0 Å². The topological polar surface area (TPSA) is 102 Å². The molecule has 3 heterocycles. The minimum atomic E-state index is 0.316. The summed E-state index contributed by atoms with van der Waals surface area (Å²) in [6, 6.07) is 1.97. The van der Waals surface area contributed by atoms with Crippen LogP contribution in [0, 0.1) is 6.92 Å². The molecule has 0 atom stereocenters. The molecule has 3 aromatic heterocycles. The Morgan fingerprint density at radius 3 is 2.50 bits per heavy atom. The van der Waals surface area contributed by atoms with Crippen LogP contribution in [-0.4, -0.2) is 43.0 Å². The first-order chi connectivity index (χ1) is 12.5. The average molecular weight is 354 g/mol. The Morgan fingerprint density at radius 2 is 1.96 bits per heavy atom. The van der Waals surface area contributed by atoms with Crippen molar-refractivity contribution in [3.05, 3.63) is 47.9 Å². The number of hydrogen-bond donors (Lipinski definition) is 2. The van der Waals surface area contributed by atoms with E-state index in [4.69, 9.17) is 5.73 Å². The number of aryl methyl sites for hydroxylation is 2. The number of rotatable bonds is 3. The molecule has 0 aliphatic rings. The number of nitrogens with two attached hydrogens (primary N) is 1. The van der Waals surface area contributed by atoms with E-state index < -0.39 is 0 Å². The van der Waals surface area contributed by atoms with Crippen molar-refractivity contribution in [2.75, 3.05) is 7.05 Å². The van der Waals surface area contributed by atoms with E-state index in [1.54, 1.807) is 17.9 Å². The molecule has 0 saturated heterocycles. The third-order valence-electron chi connectivity index (χ3n) is 3.84. The maximum atomic E-state index is 6.08. The fourth-order valence-corrected chi connectivity index (χ4v) is 2.55. The highest BCUT2D eigenvalue weighted by molar-refractivity contribution is 6.10. The van der Waals surface area contributed by atoms with Gasteiger partial charge in [-0.25, -0.2) is 9.98 Å². The molecule has 3 aromatic rings. The van der Waals surface area contributed by atoms with Crippen LogP contribution in [0.4, 0.5) is 0 Å². The summed E-state index contributed by atoms with van der Waals surface area (Å²) in [5, 5.41) is 4.44. The van der Waals surface area contributed by atoms with Crippen molar-refractivity contribution in [1.29, 1.82) is 0 Å². The third kappa shape index (κ3) is 3.74. The van der Waals surface area contributed by atoms with Gasteiger partial charge >= 0.3 is 0 Å².